The average Bonchev–Trinajstić information content (AvgIpc) is 3.49. The Bertz CT molecular complexity index is 1400. The molecule has 0 fully saturated rings. The predicted octanol–water partition coefficient (Wildman–Crippen LogP) is 4.37. The molecule has 2 N–H and O–H groups in total. The number of hydrogen-bond acceptors (Lipinski definition) is 8. The van der Waals surface area contributed by atoms with Crippen LogP contribution in [0.15, 0.2) is 66.8 Å². The fourth-order valence-corrected chi connectivity index (χ4v) is 4.93. The van der Waals surface area contributed by atoms with Crippen LogP contribution in [-0.4, -0.2) is 55.3 Å². The molecule has 5 atom stereocenters. The molecule has 0 bridgehead atoms. The van der Waals surface area contributed by atoms with Crippen LogP contribution in [0, 0.1) is 17.8 Å². The van der Waals surface area contributed by atoms with E-state index in [0.29, 0.717) is 11.5 Å². The summed E-state index contributed by atoms with van der Waals surface area (Å²) in [5.41, 5.74) is 1.75. The fourth-order valence-electron chi connectivity index (χ4n) is 4.93. The molecule has 0 saturated carbocycles. The van der Waals surface area contributed by atoms with Crippen molar-refractivity contribution in [1.82, 2.24) is 10.6 Å². The van der Waals surface area contributed by atoms with Gasteiger partial charge < -0.3 is 29.6 Å². The van der Waals surface area contributed by atoms with Crippen molar-refractivity contribution in [2.75, 3.05) is 13.3 Å². The van der Waals surface area contributed by atoms with Gasteiger partial charge in [-0.1, -0.05) is 82.3 Å². The Balaban J connectivity index is 1.58. The smallest absolute Gasteiger partial charge is 0.347 e. The summed E-state index contributed by atoms with van der Waals surface area (Å²) in [7, 11) is 0. The first kappa shape index (κ1) is 33.3. The molecule has 240 valence electrons. The van der Waals surface area contributed by atoms with Gasteiger partial charge in [-0.15, -0.1) is 0 Å². The highest BCUT2D eigenvalue weighted by Gasteiger charge is 2.32. The minimum Gasteiger partial charge on any atom is -0.459 e. The van der Waals surface area contributed by atoms with Gasteiger partial charge in [-0.25, -0.2) is 4.79 Å². The number of amides is 2. The summed E-state index contributed by atoms with van der Waals surface area (Å²) in [6, 6.07) is 14.1. The maximum atomic E-state index is 13.4. The number of benzene rings is 2. The topological polar surface area (TPSA) is 129 Å². The van der Waals surface area contributed by atoms with Gasteiger partial charge in [0.05, 0.1) is 5.92 Å². The van der Waals surface area contributed by atoms with E-state index in [0.717, 1.165) is 11.1 Å². The second kappa shape index (κ2) is 15.9. The maximum absolute atomic E-state index is 13.4. The predicted molar refractivity (Wildman–Crippen MR) is 168 cm³/mol. The summed E-state index contributed by atoms with van der Waals surface area (Å²) in [6.07, 6.45) is 5.77. The molecule has 2 heterocycles. The van der Waals surface area contributed by atoms with Crippen molar-refractivity contribution in [3.63, 3.8) is 0 Å². The Labute approximate surface area is 264 Å². The van der Waals surface area contributed by atoms with Crippen LogP contribution >= 0.6 is 0 Å². The first-order valence-corrected chi connectivity index (χ1v) is 15.4. The lowest BCUT2D eigenvalue weighted by molar-refractivity contribution is -0.175. The van der Waals surface area contributed by atoms with Crippen molar-refractivity contribution < 1.29 is 38.1 Å². The average molecular weight is 619 g/mol. The number of carbonyl (C=O) groups is 4. The van der Waals surface area contributed by atoms with E-state index < -0.39 is 47.9 Å². The van der Waals surface area contributed by atoms with Gasteiger partial charge in [0.25, 0.3) is 0 Å². The van der Waals surface area contributed by atoms with Crippen LogP contribution < -0.4 is 20.1 Å². The number of carbonyl (C=O) groups excluding carboxylic acids is 4. The second-order valence-corrected chi connectivity index (χ2v) is 11.9. The molecule has 0 saturated heterocycles. The monoisotopic (exact) mass is 618 g/mol. The van der Waals surface area contributed by atoms with Gasteiger partial charge in [-0.2, -0.15) is 0 Å². The van der Waals surface area contributed by atoms with E-state index in [9.17, 15) is 19.2 Å². The van der Waals surface area contributed by atoms with Crippen LogP contribution in [0.5, 0.6) is 11.5 Å². The largest absolute Gasteiger partial charge is 0.459 e. The van der Waals surface area contributed by atoms with E-state index in [-0.39, 0.29) is 44.4 Å². The van der Waals surface area contributed by atoms with E-state index in [4.69, 9.17) is 18.9 Å². The Morgan fingerprint density at radius 1 is 0.933 bits per heavy atom. The molecule has 10 heteroatoms. The normalized spacial score (nSPS) is 24.5. The highest BCUT2D eigenvalue weighted by atomic mass is 16.7. The van der Waals surface area contributed by atoms with Crippen LogP contribution in [0.4, 0.5) is 0 Å². The van der Waals surface area contributed by atoms with Gasteiger partial charge in [0.2, 0.25) is 18.6 Å². The Morgan fingerprint density at radius 2 is 1.69 bits per heavy atom. The lowest BCUT2D eigenvalue weighted by Gasteiger charge is -2.26. The van der Waals surface area contributed by atoms with E-state index >= 15 is 0 Å². The molecule has 10 nitrogen and oxygen atoms in total. The molecule has 4 rings (SSSR count). The van der Waals surface area contributed by atoms with Gasteiger partial charge in [-0.05, 0) is 41.7 Å². The van der Waals surface area contributed by atoms with E-state index in [1.807, 2.05) is 63.3 Å². The Kier molecular flexibility index (Phi) is 11.8. The molecule has 0 radical (unpaired) electrons. The van der Waals surface area contributed by atoms with Crippen molar-refractivity contribution in [2.45, 2.75) is 65.2 Å². The summed E-state index contributed by atoms with van der Waals surface area (Å²) < 4.78 is 22.4. The number of rotatable bonds is 7. The molecule has 2 aromatic carbocycles. The van der Waals surface area contributed by atoms with Crippen molar-refractivity contribution in [3.8, 4) is 11.5 Å². The number of hydrogen-bond donors (Lipinski definition) is 2. The van der Waals surface area contributed by atoms with Crippen LogP contribution in [0.2, 0.25) is 0 Å². The van der Waals surface area contributed by atoms with Gasteiger partial charge in [0.1, 0.15) is 12.1 Å². The molecule has 2 aliphatic heterocycles. The Morgan fingerprint density at radius 3 is 2.44 bits per heavy atom. The van der Waals surface area contributed by atoms with Crippen molar-refractivity contribution in [3.05, 3.63) is 77.9 Å². The lowest BCUT2D eigenvalue weighted by atomic mass is 9.99. The van der Waals surface area contributed by atoms with Gasteiger partial charge in [0.15, 0.2) is 17.6 Å². The number of nitrogens with one attached hydrogen (secondary N) is 2. The van der Waals surface area contributed by atoms with E-state index in [2.05, 4.69) is 10.6 Å². The zero-order valence-electron chi connectivity index (χ0n) is 26.2. The SMILES string of the molecule is CC(C)C[C@@H]1OC(=O)[C@H](C)CNC(=O)[C@@H](Cc2ccc3c(c2)OCO3)NC(=O)/C=C/C[C@@H]([C@H](C)/C=C/c2ccccc2)OC1=O. The Hall–Kier alpha value is -4.60. The van der Waals surface area contributed by atoms with Crippen LogP contribution in [-0.2, 0) is 35.1 Å². The van der Waals surface area contributed by atoms with Crippen LogP contribution in [0.1, 0.15) is 51.7 Å². The first-order chi connectivity index (χ1) is 21.6. The molecule has 0 spiro atoms. The molecule has 0 aliphatic carbocycles. The number of cyclic esters (lactones) is 2. The van der Waals surface area contributed by atoms with Gasteiger partial charge in [0, 0.05) is 25.3 Å². The van der Waals surface area contributed by atoms with E-state index in [1.165, 1.54) is 6.08 Å². The number of esters is 2. The molecule has 2 amide bonds. The molecule has 0 aromatic heterocycles. The lowest BCUT2D eigenvalue weighted by Crippen LogP contribution is -2.49. The zero-order valence-corrected chi connectivity index (χ0v) is 26.2. The van der Waals surface area contributed by atoms with Crippen LogP contribution in [0.3, 0.4) is 0 Å². The van der Waals surface area contributed by atoms with Crippen LogP contribution in [0.25, 0.3) is 6.08 Å². The summed E-state index contributed by atoms with van der Waals surface area (Å²) in [6.45, 7) is 7.45. The minimum atomic E-state index is -1.11. The van der Waals surface area contributed by atoms with Crippen molar-refractivity contribution in [1.29, 1.82) is 0 Å². The highest BCUT2D eigenvalue weighted by molar-refractivity contribution is 5.93. The molecular weight excluding hydrogens is 576 g/mol. The highest BCUT2D eigenvalue weighted by Crippen LogP contribution is 2.32. The molecular formula is C35H42N2O8. The summed E-state index contributed by atoms with van der Waals surface area (Å²) in [5, 5.41) is 5.52. The minimum absolute atomic E-state index is 0.0466. The molecule has 0 unspecified atom stereocenters. The van der Waals surface area contributed by atoms with E-state index in [1.54, 1.807) is 31.2 Å². The molecule has 2 aliphatic rings. The van der Waals surface area contributed by atoms with Crippen molar-refractivity contribution in [2.24, 2.45) is 17.8 Å². The standard InChI is InChI=1S/C35H42N2O8/c1-22(2)17-31-35(41)44-28(23(3)13-14-25-9-6-5-7-10-25)11-8-12-32(38)37-27(33(39)36-20-24(4)34(40)45-31)18-26-15-16-29-30(19-26)43-21-42-29/h5-10,12-16,19,22-24,27-28,31H,11,17-18,20-21H2,1-4H3,(H,36,39)(H,37,38)/b12-8+,14-13+/t23-,24-,27-,28+,31+/m1/s1. The fraction of sp³-hybridized carbons (Fsp3) is 0.429. The third-order valence-electron chi connectivity index (χ3n) is 7.58. The molecule has 2 aromatic rings. The van der Waals surface area contributed by atoms with Gasteiger partial charge >= 0.3 is 11.9 Å². The quantitative estimate of drug-likeness (QED) is 0.438. The number of ether oxygens (including phenoxy) is 4. The molecule has 45 heavy (non-hydrogen) atoms. The third-order valence-corrected chi connectivity index (χ3v) is 7.58. The van der Waals surface area contributed by atoms with Gasteiger partial charge in [-0.3, -0.25) is 14.4 Å². The number of fused-ring (bicyclic) bond motifs is 1. The maximum Gasteiger partial charge on any atom is 0.347 e. The summed E-state index contributed by atoms with van der Waals surface area (Å²) in [4.78, 5) is 52.8. The second-order valence-electron chi connectivity index (χ2n) is 11.9. The van der Waals surface area contributed by atoms with Crippen molar-refractivity contribution >= 4 is 29.8 Å². The third kappa shape index (κ3) is 9.96. The zero-order chi connectivity index (χ0) is 32.3. The summed E-state index contributed by atoms with van der Waals surface area (Å²) >= 11 is 0. The first-order valence-electron chi connectivity index (χ1n) is 15.4. The summed E-state index contributed by atoms with van der Waals surface area (Å²) in [5.74, 6) is -1.99.